The standard InChI is InChI=1S/C71H116O6/c1-4-7-10-13-16-19-22-25-28-30-32-34-35-37-38-40-43-46-49-52-55-58-61-64-70(73)76-67-68(66-75-69(72)63-60-57-54-51-48-45-42-27-24-21-18-15-12-9-6-3)77-71(74)65-62-59-56-53-50-47-44-41-39-36-33-31-29-26-23-20-17-14-11-8-5-2/h8-9,11-12,17-18,20-22,25-27,29-30,32-33,36,41-42,44,50,53,68H,4-7,10,13-16,19,23-24,28,31,34-35,37-40,43,45-49,51-52,54-67H2,1-3H3/b11-8-,12-9-,20-17-,21-18-,25-22-,29-26-,32-30-,36-33-,42-27-,44-41-,53-50-. The fraction of sp³-hybridized carbons (Fsp3) is 0.648. The zero-order valence-electron chi connectivity index (χ0n) is 49.9. The van der Waals surface area contributed by atoms with Crippen molar-refractivity contribution in [3.8, 4) is 0 Å². The summed E-state index contributed by atoms with van der Waals surface area (Å²) in [5, 5.41) is 0. The van der Waals surface area contributed by atoms with E-state index < -0.39 is 6.10 Å². The van der Waals surface area contributed by atoms with Crippen LogP contribution in [0, 0.1) is 0 Å². The Morgan fingerprint density at radius 2 is 0.506 bits per heavy atom. The summed E-state index contributed by atoms with van der Waals surface area (Å²) in [4.78, 5) is 38.3. The number of allylic oxidation sites excluding steroid dienone is 22. The maximum atomic E-state index is 12.9. The molecule has 0 amide bonds. The van der Waals surface area contributed by atoms with Gasteiger partial charge in [0.2, 0.25) is 0 Å². The Morgan fingerprint density at radius 3 is 0.818 bits per heavy atom. The Hall–Kier alpha value is -4.45. The number of rotatable bonds is 56. The minimum absolute atomic E-state index is 0.106. The van der Waals surface area contributed by atoms with Gasteiger partial charge in [-0.3, -0.25) is 14.4 Å². The Labute approximate surface area is 475 Å². The van der Waals surface area contributed by atoms with Gasteiger partial charge in [-0.25, -0.2) is 0 Å². The molecule has 0 saturated carbocycles. The molecular formula is C71H116O6. The van der Waals surface area contributed by atoms with Crippen LogP contribution in [0.4, 0.5) is 0 Å². The molecule has 77 heavy (non-hydrogen) atoms. The average molecular weight is 1070 g/mol. The number of ether oxygens (including phenoxy) is 3. The molecule has 0 aromatic rings. The number of esters is 3. The molecule has 0 spiro atoms. The van der Waals surface area contributed by atoms with Crippen LogP contribution >= 0.6 is 0 Å². The van der Waals surface area contributed by atoms with E-state index >= 15 is 0 Å². The fourth-order valence-corrected chi connectivity index (χ4v) is 8.43. The summed E-state index contributed by atoms with van der Waals surface area (Å²) < 4.78 is 16.9. The third-order valence-electron chi connectivity index (χ3n) is 13.1. The van der Waals surface area contributed by atoms with Crippen molar-refractivity contribution in [2.45, 2.75) is 284 Å². The number of hydrogen-bond acceptors (Lipinski definition) is 6. The van der Waals surface area contributed by atoms with Crippen molar-refractivity contribution in [2.75, 3.05) is 13.2 Å². The smallest absolute Gasteiger partial charge is 0.306 e. The van der Waals surface area contributed by atoms with E-state index in [9.17, 15) is 14.4 Å². The van der Waals surface area contributed by atoms with E-state index in [0.717, 1.165) is 135 Å². The Morgan fingerprint density at radius 1 is 0.273 bits per heavy atom. The first-order chi connectivity index (χ1) is 38.0. The van der Waals surface area contributed by atoms with Crippen LogP contribution < -0.4 is 0 Å². The number of unbranched alkanes of at least 4 members (excludes halogenated alkanes) is 23. The van der Waals surface area contributed by atoms with Crippen LogP contribution in [-0.4, -0.2) is 37.2 Å². The third kappa shape index (κ3) is 62.3. The van der Waals surface area contributed by atoms with Crippen LogP contribution in [-0.2, 0) is 28.6 Å². The van der Waals surface area contributed by atoms with Crippen molar-refractivity contribution in [3.63, 3.8) is 0 Å². The van der Waals surface area contributed by atoms with E-state index in [2.05, 4.69) is 154 Å². The first kappa shape index (κ1) is 72.5. The number of hydrogen-bond donors (Lipinski definition) is 0. The highest BCUT2D eigenvalue weighted by atomic mass is 16.6. The molecule has 0 aliphatic rings. The van der Waals surface area contributed by atoms with E-state index in [0.29, 0.717) is 19.3 Å². The van der Waals surface area contributed by atoms with Gasteiger partial charge >= 0.3 is 17.9 Å². The van der Waals surface area contributed by atoms with E-state index in [-0.39, 0.29) is 37.5 Å². The summed E-state index contributed by atoms with van der Waals surface area (Å²) in [6, 6.07) is 0. The molecule has 0 radical (unpaired) electrons. The maximum Gasteiger partial charge on any atom is 0.306 e. The molecular weight excluding hydrogens is 949 g/mol. The molecule has 0 heterocycles. The first-order valence-corrected chi connectivity index (χ1v) is 31.7. The highest BCUT2D eigenvalue weighted by Gasteiger charge is 2.19. The van der Waals surface area contributed by atoms with Crippen molar-refractivity contribution in [2.24, 2.45) is 0 Å². The Bertz CT molecular complexity index is 1650. The molecule has 436 valence electrons. The van der Waals surface area contributed by atoms with Gasteiger partial charge in [0.25, 0.3) is 0 Å². The quantitative estimate of drug-likeness (QED) is 0.0261. The van der Waals surface area contributed by atoms with E-state index in [1.54, 1.807) is 0 Å². The highest BCUT2D eigenvalue weighted by molar-refractivity contribution is 5.71. The van der Waals surface area contributed by atoms with Gasteiger partial charge in [0, 0.05) is 19.3 Å². The third-order valence-corrected chi connectivity index (χ3v) is 13.1. The second-order valence-corrected chi connectivity index (χ2v) is 20.5. The lowest BCUT2D eigenvalue weighted by atomic mass is 10.0. The second kappa shape index (κ2) is 64.1. The van der Waals surface area contributed by atoms with E-state index in [1.165, 1.54) is 96.3 Å². The molecule has 0 aliphatic carbocycles. The van der Waals surface area contributed by atoms with Gasteiger partial charge in [0.1, 0.15) is 13.2 Å². The lowest BCUT2D eigenvalue weighted by Gasteiger charge is -2.18. The predicted molar refractivity (Wildman–Crippen MR) is 334 cm³/mol. The molecule has 0 fully saturated rings. The summed E-state index contributed by atoms with van der Waals surface area (Å²) in [6.07, 6.45) is 90.3. The second-order valence-electron chi connectivity index (χ2n) is 20.5. The zero-order valence-corrected chi connectivity index (χ0v) is 49.9. The molecule has 6 heteroatoms. The van der Waals surface area contributed by atoms with Gasteiger partial charge < -0.3 is 14.2 Å². The Balaban J connectivity index is 4.47. The number of carbonyl (C=O) groups is 3. The molecule has 0 rings (SSSR count). The van der Waals surface area contributed by atoms with Crippen LogP contribution in [0.5, 0.6) is 0 Å². The predicted octanol–water partition coefficient (Wildman–Crippen LogP) is 21.8. The summed E-state index contributed by atoms with van der Waals surface area (Å²) in [7, 11) is 0. The molecule has 1 unspecified atom stereocenters. The summed E-state index contributed by atoms with van der Waals surface area (Å²) in [6.45, 7) is 6.36. The monoisotopic (exact) mass is 1060 g/mol. The minimum Gasteiger partial charge on any atom is -0.462 e. The lowest BCUT2D eigenvalue weighted by molar-refractivity contribution is -0.167. The van der Waals surface area contributed by atoms with Crippen LogP contribution in [0.15, 0.2) is 134 Å². The van der Waals surface area contributed by atoms with Crippen LogP contribution in [0.2, 0.25) is 0 Å². The van der Waals surface area contributed by atoms with Crippen molar-refractivity contribution >= 4 is 17.9 Å². The molecule has 6 nitrogen and oxygen atoms in total. The highest BCUT2D eigenvalue weighted by Crippen LogP contribution is 2.15. The molecule has 0 bridgehead atoms. The van der Waals surface area contributed by atoms with Crippen molar-refractivity contribution in [1.29, 1.82) is 0 Å². The topological polar surface area (TPSA) is 78.9 Å². The Kier molecular flexibility index (Phi) is 60.4. The van der Waals surface area contributed by atoms with Crippen molar-refractivity contribution in [1.82, 2.24) is 0 Å². The van der Waals surface area contributed by atoms with Gasteiger partial charge in [0.15, 0.2) is 6.10 Å². The number of carbonyl (C=O) groups excluding carboxylic acids is 3. The van der Waals surface area contributed by atoms with Crippen LogP contribution in [0.25, 0.3) is 0 Å². The summed E-state index contributed by atoms with van der Waals surface area (Å²) >= 11 is 0. The normalized spacial score (nSPS) is 13.0. The average Bonchev–Trinajstić information content (AvgIpc) is 3.43. The molecule has 0 saturated heterocycles. The lowest BCUT2D eigenvalue weighted by Crippen LogP contribution is -2.30. The molecule has 0 aromatic carbocycles. The maximum absolute atomic E-state index is 12.9. The SMILES string of the molecule is CC/C=C\C/C=C\C/C=C\C/C=C\C/C=C\C/C=C\CCCCC(=O)OC(COC(=O)CCCCCCC/C=C\C/C=C\C/C=C\CC)COC(=O)CCCCCCCCCCCCC/C=C\C/C=C\CCCCCCC. The van der Waals surface area contributed by atoms with Gasteiger partial charge in [-0.1, -0.05) is 257 Å². The van der Waals surface area contributed by atoms with Crippen LogP contribution in [0.1, 0.15) is 278 Å². The van der Waals surface area contributed by atoms with Gasteiger partial charge in [-0.05, 0) is 135 Å². The summed E-state index contributed by atoms with van der Waals surface area (Å²) in [5.74, 6) is -0.968. The van der Waals surface area contributed by atoms with E-state index in [1.807, 2.05) is 0 Å². The molecule has 0 aliphatic heterocycles. The van der Waals surface area contributed by atoms with Gasteiger partial charge in [0.05, 0.1) is 0 Å². The minimum atomic E-state index is -0.816. The van der Waals surface area contributed by atoms with Crippen LogP contribution in [0.3, 0.4) is 0 Å². The summed E-state index contributed by atoms with van der Waals surface area (Å²) in [5.41, 5.74) is 0. The first-order valence-electron chi connectivity index (χ1n) is 31.7. The largest absolute Gasteiger partial charge is 0.462 e. The fourth-order valence-electron chi connectivity index (χ4n) is 8.43. The van der Waals surface area contributed by atoms with Crippen molar-refractivity contribution < 1.29 is 28.6 Å². The van der Waals surface area contributed by atoms with Gasteiger partial charge in [-0.15, -0.1) is 0 Å². The van der Waals surface area contributed by atoms with Gasteiger partial charge in [-0.2, -0.15) is 0 Å². The van der Waals surface area contributed by atoms with E-state index in [4.69, 9.17) is 14.2 Å². The molecule has 0 N–H and O–H groups in total. The van der Waals surface area contributed by atoms with Crippen molar-refractivity contribution in [3.05, 3.63) is 134 Å². The molecule has 0 aromatic heterocycles. The molecule has 1 atom stereocenters. The zero-order chi connectivity index (χ0) is 55.7.